The lowest BCUT2D eigenvalue weighted by molar-refractivity contribution is 0.190. The summed E-state index contributed by atoms with van der Waals surface area (Å²) in [6.07, 6.45) is 2.46. The molecule has 1 nitrogen and oxygen atoms in total. The second-order valence-electron chi connectivity index (χ2n) is 3.75. The van der Waals surface area contributed by atoms with E-state index < -0.39 is 0 Å². The van der Waals surface area contributed by atoms with Crippen LogP contribution in [0.2, 0.25) is 0 Å². The van der Waals surface area contributed by atoms with Crippen molar-refractivity contribution in [2.24, 2.45) is 0 Å². The monoisotopic (exact) mass is 270 g/mol. The first-order chi connectivity index (χ1) is 7.22. The molecule has 15 heavy (non-hydrogen) atoms. The number of rotatable bonds is 5. The van der Waals surface area contributed by atoms with Gasteiger partial charge in [0, 0.05) is 10.9 Å². The molecule has 0 unspecified atom stereocenters. The number of halogens is 1. The summed E-state index contributed by atoms with van der Waals surface area (Å²) in [5.74, 6) is 1.06. The van der Waals surface area contributed by atoms with E-state index in [1.165, 1.54) is 11.1 Å². The van der Waals surface area contributed by atoms with E-state index in [-0.39, 0.29) is 0 Å². The SMILES string of the molecule is CCC(CC)Oc1c(C)cccc1CBr. The fourth-order valence-corrected chi connectivity index (χ4v) is 2.05. The van der Waals surface area contributed by atoms with E-state index in [9.17, 15) is 0 Å². The second kappa shape index (κ2) is 6.16. The van der Waals surface area contributed by atoms with E-state index in [1.54, 1.807) is 0 Å². The summed E-state index contributed by atoms with van der Waals surface area (Å²) in [7, 11) is 0. The third-order valence-corrected chi connectivity index (χ3v) is 3.24. The molecule has 2 heteroatoms. The molecule has 0 atom stereocenters. The normalized spacial score (nSPS) is 10.7. The van der Waals surface area contributed by atoms with Gasteiger partial charge in [0.2, 0.25) is 0 Å². The number of hydrogen-bond acceptors (Lipinski definition) is 1. The van der Waals surface area contributed by atoms with Gasteiger partial charge >= 0.3 is 0 Å². The summed E-state index contributed by atoms with van der Waals surface area (Å²) in [6, 6.07) is 6.29. The number of hydrogen-bond donors (Lipinski definition) is 0. The smallest absolute Gasteiger partial charge is 0.126 e. The molecule has 0 aliphatic rings. The van der Waals surface area contributed by atoms with Crippen molar-refractivity contribution >= 4 is 15.9 Å². The highest BCUT2D eigenvalue weighted by atomic mass is 79.9. The van der Waals surface area contributed by atoms with Crippen molar-refractivity contribution in [1.29, 1.82) is 0 Å². The highest BCUT2D eigenvalue weighted by molar-refractivity contribution is 9.08. The molecule has 0 aliphatic carbocycles. The second-order valence-corrected chi connectivity index (χ2v) is 4.31. The van der Waals surface area contributed by atoms with Gasteiger partial charge in [-0.2, -0.15) is 0 Å². The van der Waals surface area contributed by atoms with Gasteiger partial charge in [0.25, 0.3) is 0 Å². The van der Waals surface area contributed by atoms with E-state index in [1.807, 2.05) is 0 Å². The van der Waals surface area contributed by atoms with E-state index in [2.05, 4.69) is 54.9 Å². The highest BCUT2D eigenvalue weighted by Crippen LogP contribution is 2.27. The minimum atomic E-state index is 0.337. The minimum absolute atomic E-state index is 0.337. The molecule has 0 saturated heterocycles. The Morgan fingerprint density at radius 2 is 1.93 bits per heavy atom. The Morgan fingerprint density at radius 1 is 1.27 bits per heavy atom. The number of benzene rings is 1. The van der Waals surface area contributed by atoms with Crippen LogP contribution in [-0.4, -0.2) is 6.10 Å². The predicted octanol–water partition coefficient (Wildman–Crippen LogP) is 4.46. The van der Waals surface area contributed by atoms with Crippen LogP contribution in [0.4, 0.5) is 0 Å². The standard InChI is InChI=1S/C13H19BrO/c1-4-12(5-2)15-13-10(3)7-6-8-11(13)9-14/h6-8,12H,4-5,9H2,1-3H3. The Balaban J connectivity index is 2.91. The summed E-state index contributed by atoms with van der Waals surface area (Å²) < 4.78 is 6.04. The van der Waals surface area contributed by atoms with E-state index >= 15 is 0 Å². The average molecular weight is 271 g/mol. The maximum atomic E-state index is 6.04. The maximum Gasteiger partial charge on any atom is 0.126 e. The van der Waals surface area contributed by atoms with Crippen LogP contribution in [0.15, 0.2) is 18.2 Å². The van der Waals surface area contributed by atoms with Gasteiger partial charge in [-0.05, 0) is 25.3 Å². The molecule has 1 aromatic carbocycles. The van der Waals surface area contributed by atoms with Gasteiger partial charge in [-0.3, -0.25) is 0 Å². The molecule has 0 heterocycles. The molecule has 0 aliphatic heterocycles. The number of alkyl halides is 1. The molecule has 0 fully saturated rings. The zero-order valence-corrected chi connectivity index (χ0v) is 11.3. The van der Waals surface area contributed by atoms with Crippen molar-refractivity contribution in [2.45, 2.75) is 45.0 Å². The Bertz CT molecular complexity index is 305. The van der Waals surface area contributed by atoms with Crippen LogP contribution in [0.3, 0.4) is 0 Å². The third kappa shape index (κ3) is 3.23. The molecule has 0 aromatic heterocycles. The molecule has 0 bridgehead atoms. The van der Waals surface area contributed by atoms with Gasteiger partial charge in [0.15, 0.2) is 0 Å². The zero-order valence-electron chi connectivity index (χ0n) is 9.72. The largest absolute Gasteiger partial charge is 0.490 e. The molecular weight excluding hydrogens is 252 g/mol. The quantitative estimate of drug-likeness (QED) is 0.718. The molecular formula is C13H19BrO. The summed E-state index contributed by atoms with van der Waals surface area (Å²) in [6.45, 7) is 6.43. The number of para-hydroxylation sites is 1. The van der Waals surface area contributed by atoms with Gasteiger partial charge in [-0.15, -0.1) is 0 Å². The van der Waals surface area contributed by atoms with E-state index in [4.69, 9.17) is 4.74 Å². The van der Waals surface area contributed by atoms with Gasteiger partial charge < -0.3 is 4.74 Å². The molecule has 0 saturated carbocycles. The molecule has 0 spiro atoms. The van der Waals surface area contributed by atoms with Crippen LogP contribution < -0.4 is 4.74 Å². The summed E-state index contributed by atoms with van der Waals surface area (Å²) >= 11 is 3.50. The van der Waals surface area contributed by atoms with Crippen LogP contribution in [-0.2, 0) is 5.33 Å². The first kappa shape index (κ1) is 12.6. The molecule has 84 valence electrons. The summed E-state index contributed by atoms with van der Waals surface area (Å²) in [5, 5.41) is 0.851. The first-order valence-corrected chi connectivity index (χ1v) is 6.66. The Hall–Kier alpha value is -0.500. The van der Waals surface area contributed by atoms with Crippen molar-refractivity contribution in [2.75, 3.05) is 0 Å². The molecule has 1 rings (SSSR count). The Labute approximate surface area is 101 Å². The van der Waals surface area contributed by atoms with Crippen LogP contribution >= 0.6 is 15.9 Å². The predicted molar refractivity (Wildman–Crippen MR) is 68.8 cm³/mol. The Kier molecular flexibility index (Phi) is 5.16. The van der Waals surface area contributed by atoms with Crippen LogP contribution in [0.1, 0.15) is 37.8 Å². The number of ether oxygens (including phenoxy) is 1. The topological polar surface area (TPSA) is 9.23 Å². The first-order valence-electron chi connectivity index (χ1n) is 5.54. The maximum absolute atomic E-state index is 6.04. The number of aryl methyl sites for hydroxylation is 1. The van der Waals surface area contributed by atoms with Gasteiger partial charge in [0.1, 0.15) is 5.75 Å². The minimum Gasteiger partial charge on any atom is -0.490 e. The van der Waals surface area contributed by atoms with E-state index in [0.29, 0.717) is 6.10 Å². The molecule has 1 aromatic rings. The molecule has 0 N–H and O–H groups in total. The van der Waals surface area contributed by atoms with E-state index in [0.717, 1.165) is 23.9 Å². The lowest BCUT2D eigenvalue weighted by Gasteiger charge is -2.19. The third-order valence-electron chi connectivity index (χ3n) is 2.63. The molecule has 0 amide bonds. The van der Waals surface area contributed by atoms with Crippen molar-refractivity contribution in [3.05, 3.63) is 29.3 Å². The van der Waals surface area contributed by atoms with Gasteiger partial charge in [0.05, 0.1) is 6.10 Å². The summed E-state index contributed by atoms with van der Waals surface area (Å²) in [4.78, 5) is 0. The van der Waals surface area contributed by atoms with Crippen molar-refractivity contribution in [1.82, 2.24) is 0 Å². The zero-order chi connectivity index (χ0) is 11.3. The average Bonchev–Trinajstić information content (AvgIpc) is 2.27. The highest BCUT2D eigenvalue weighted by Gasteiger charge is 2.10. The van der Waals surface area contributed by atoms with Crippen molar-refractivity contribution in [3.8, 4) is 5.75 Å². The Morgan fingerprint density at radius 3 is 2.47 bits per heavy atom. The molecule has 0 radical (unpaired) electrons. The van der Waals surface area contributed by atoms with Crippen LogP contribution in [0.5, 0.6) is 5.75 Å². The lowest BCUT2D eigenvalue weighted by atomic mass is 10.1. The van der Waals surface area contributed by atoms with Gasteiger partial charge in [-0.1, -0.05) is 48.0 Å². The van der Waals surface area contributed by atoms with Crippen LogP contribution in [0, 0.1) is 6.92 Å². The van der Waals surface area contributed by atoms with Crippen molar-refractivity contribution in [3.63, 3.8) is 0 Å². The van der Waals surface area contributed by atoms with Gasteiger partial charge in [-0.25, -0.2) is 0 Å². The van der Waals surface area contributed by atoms with Crippen LogP contribution in [0.25, 0.3) is 0 Å². The summed E-state index contributed by atoms with van der Waals surface area (Å²) in [5.41, 5.74) is 2.46. The fourth-order valence-electron chi connectivity index (χ4n) is 1.61. The lowest BCUT2D eigenvalue weighted by Crippen LogP contribution is -2.15. The van der Waals surface area contributed by atoms with Crippen molar-refractivity contribution < 1.29 is 4.74 Å². The fraction of sp³-hybridized carbons (Fsp3) is 0.538.